The van der Waals surface area contributed by atoms with Crippen molar-refractivity contribution in [1.29, 1.82) is 0 Å². The zero-order valence-electron chi connectivity index (χ0n) is 12.6. The van der Waals surface area contributed by atoms with Crippen LogP contribution in [-0.2, 0) is 4.79 Å². The van der Waals surface area contributed by atoms with E-state index in [2.05, 4.69) is 10.6 Å². The lowest BCUT2D eigenvalue weighted by Crippen LogP contribution is -2.43. The lowest BCUT2D eigenvalue weighted by molar-refractivity contribution is -0.889. The summed E-state index contributed by atoms with van der Waals surface area (Å²) in [4.78, 5) is 16.7. The number of rotatable bonds is 7. The summed E-state index contributed by atoms with van der Waals surface area (Å²) in [6.45, 7) is 7.28. The van der Waals surface area contributed by atoms with Crippen LogP contribution in [0.15, 0.2) is 30.5 Å². The first-order valence-corrected chi connectivity index (χ1v) is 6.80. The summed E-state index contributed by atoms with van der Waals surface area (Å²) in [6, 6.07) is 3.88. The quantitative estimate of drug-likeness (QED) is 0.446. The van der Waals surface area contributed by atoms with Crippen molar-refractivity contribution < 1.29 is 14.4 Å². The molecule has 5 heteroatoms. The molecule has 0 bridgehead atoms. The Balaban J connectivity index is 2.36. The van der Waals surface area contributed by atoms with Gasteiger partial charge in [0.15, 0.2) is 0 Å². The van der Waals surface area contributed by atoms with Crippen LogP contribution in [-0.4, -0.2) is 26.1 Å². The zero-order chi connectivity index (χ0) is 15.0. The van der Waals surface area contributed by atoms with E-state index in [1.165, 1.54) is 0 Å². The van der Waals surface area contributed by atoms with E-state index in [1.54, 1.807) is 17.9 Å². The first-order valence-electron chi connectivity index (χ1n) is 6.80. The van der Waals surface area contributed by atoms with Crippen LogP contribution in [0, 0.1) is 12.8 Å². The smallest absolute Gasteiger partial charge is 0.254 e. The Morgan fingerprint density at radius 2 is 2.20 bits per heavy atom. The number of pyridine rings is 1. The highest BCUT2D eigenvalue weighted by atomic mass is 16.6. The average molecular weight is 278 g/mol. The van der Waals surface area contributed by atoms with Crippen molar-refractivity contribution in [3.63, 3.8) is 0 Å². The van der Waals surface area contributed by atoms with Crippen LogP contribution in [0.1, 0.15) is 19.5 Å². The molecular formula is C15H24N3O2+. The van der Waals surface area contributed by atoms with E-state index in [-0.39, 0.29) is 5.91 Å². The minimum absolute atomic E-state index is 0.0581. The van der Waals surface area contributed by atoms with Crippen molar-refractivity contribution in [2.45, 2.75) is 20.8 Å². The van der Waals surface area contributed by atoms with Gasteiger partial charge in [-0.15, -0.1) is 0 Å². The largest absolute Gasteiger partial charge is 0.378 e. The fourth-order valence-corrected chi connectivity index (χ4v) is 1.67. The highest BCUT2D eigenvalue weighted by molar-refractivity contribution is 5.87. The third kappa shape index (κ3) is 5.30. The van der Waals surface area contributed by atoms with Crippen LogP contribution in [0.25, 0.3) is 0 Å². The standard InChI is InChI=1S/C15H23N3O2/c1-12(2)7-8-15(19)17-10-9-16-14-6-5-11-18(20-4)13(14)3/h5-8,11-12,16H,9-10H2,1-4H3/p+1/b8-7+. The van der Waals surface area contributed by atoms with Gasteiger partial charge in [-0.2, -0.15) is 0 Å². The van der Waals surface area contributed by atoms with Crippen molar-refractivity contribution in [1.82, 2.24) is 5.32 Å². The third-order valence-electron chi connectivity index (χ3n) is 2.77. The molecule has 1 amide bonds. The van der Waals surface area contributed by atoms with E-state index in [1.807, 2.05) is 45.2 Å². The molecule has 0 spiro atoms. The highest BCUT2D eigenvalue weighted by Gasteiger charge is 2.10. The van der Waals surface area contributed by atoms with Gasteiger partial charge in [0.2, 0.25) is 12.1 Å². The second-order valence-corrected chi connectivity index (χ2v) is 4.84. The number of allylic oxidation sites excluding steroid dienone is 1. The Morgan fingerprint density at radius 3 is 2.85 bits per heavy atom. The lowest BCUT2D eigenvalue weighted by atomic mass is 10.2. The molecule has 2 N–H and O–H groups in total. The molecule has 0 radical (unpaired) electrons. The molecule has 0 unspecified atom stereocenters. The molecule has 0 aromatic carbocycles. The maximum Gasteiger partial charge on any atom is 0.254 e. The molecule has 0 aliphatic carbocycles. The molecule has 0 saturated carbocycles. The summed E-state index contributed by atoms with van der Waals surface area (Å²) in [5.74, 6) is 0.326. The van der Waals surface area contributed by atoms with Gasteiger partial charge in [0.05, 0.1) is 0 Å². The summed E-state index contributed by atoms with van der Waals surface area (Å²) in [7, 11) is 1.62. The predicted octanol–water partition coefficient (Wildman–Crippen LogP) is 1.08. The van der Waals surface area contributed by atoms with E-state index in [0.29, 0.717) is 19.0 Å². The van der Waals surface area contributed by atoms with Gasteiger partial charge in [0.25, 0.3) is 5.69 Å². The third-order valence-corrected chi connectivity index (χ3v) is 2.77. The second-order valence-electron chi connectivity index (χ2n) is 4.84. The van der Waals surface area contributed by atoms with E-state index >= 15 is 0 Å². The van der Waals surface area contributed by atoms with Gasteiger partial charge in [0, 0.05) is 30.8 Å². The van der Waals surface area contributed by atoms with Crippen molar-refractivity contribution in [2.24, 2.45) is 5.92 Å². The Hall–Kier alpha value is -2.04. The number of amides is 1. The number of nitrogens with zero attached hydrogens (tertiary/aromatic N) is 1. The van der Waals surface area contributed by atoms with Gasteiger partial charge in [-0.3, -0.25) is 9.63 Å². The Kier molecular flexibility index (Phi) is 6.56. The molecule has 20 heavy (non-hydrogen) atoms. The number of hydrogen-bond donors (Lipinski definition) is 2. The van der Waals surface area contributed by atoms with Crippen LogP contribution in [0.2, 0.25) is 0 Å². The van der Waals surface area contributed by atoms with Crippen LogP contribution >= 0.6 is 0 Å². The summed E-state index contributed by atoms with van der Waals surface area (Å²) in [5.41, 5.74) is 1.97. The fraction of sp³-hybridized carbons (Fsp3) is 0.467. The van der Waals surface area contributed by atoms with Crippen molar-refractivity contribution in [3.05, 3.63) is 36.2 Å². The van der Waals surface area contributed by atoms with Crippen molar-refractivity contribution >= 4 is 11.6 Å². The Morgan fingerprint density at radius 1 is 1.45 bits per heavy atom. The molecule has 0 aliphatic heterocycles. The summed E-state index contributed by atoms with van der Waals surface area (Å²) in [6.07, 6.45) is 5.31. The molecule has 0 aliphatic rings. The Bertz CT molecular complexity index is 470. The SMILES string of the molecule is CO[n+]1cccc(NCCNC(=O)/C=C/C(C)C)c1C. The number of carbonyl (C=O) groups excluding carboxylic acids is 1. The summed E-state index contributed by atoms with van der Waals surface area (Å²) < 4.78 is 1.69. The maximum absolute atomic E-state index is 11.5. The monoisotopic (exact) mass is 278 g/mol. The molecule has 0 saturated heterocycles. The molecule has 110 valence electrons. The Labute approximate surface area is 120 Å². The number of nitrogens with one attached hydrogen (secondary N) is 2. The van der Waals surface area contributed by atoms with Crippen LogP contribution in [0.4, 0.5) is 5.69 Å². The molecule has 0 fully saturated rings. The molecule has 5 nitrogen and oxygen atoms in total. The highest BCUT2D eigenvalue weighted by Crippen LogP contribution is 2.07. The predicted molar refractivity (Wildman–Crippen MR) is 79.4 cm³/mol. The zero-order valence-corrected chi connectivity index (χ0v) is 12.6. The van der Waals surface area contributed by atoms with Crippen LogP contribution in [0.5, 0.6) is 0 Å². The van der Waals surface area contributed by atoms with E-state index in [0.717, 1.165) is 11.4 Å². The van der Waals surface area contributed by atoms with E-state index in [9.17, 15) is 4.79 Å². The van der Waals surface area contributed by atoms with Gasteiger partial charge < -0.3 is 10.6 Å². The van der Waals surface area contributed by atoms with Gasteiger partial charge >= 0.3 is 0 Å². The molecule has 0 atom stereocenters. The van der Waals surface area contributed by atoms with Crippen molar-refractivity contribution in [3.8, 4) is 0 Å². The number of aromatic nitrogens is 1. The van der Waals surface area contributed by atoms with Crippen molar-refractivity contribution in [2.75, 3.05) is 25.5 Å². The molecular weight excluding hydrogens is 254 g/mol. The van der Waals surface area contributed by atoms with Gasteiger partial charge in [-0.25, -0.2) is 0 Å². The summed E-state index contributed by atoms with van der Waals surface area (Å²) in [5, 5.41) is 6.10. The van der Waals surface area contributed by atoms with Crippen LogP contribution < -0.4 is 20.2 Å². The number of anilines is 1. The average Bonchev–Trinajstić information content (AvgIpc) is 2.43. The lowest BCUT2D eigenvalue weighted by Gasteiger charge is -2.07. The normalized spacial score (nSPS) is 10.8. The molecule has 1 rings (SSSR count). The minimum Gasteiger partial charge on any atom is -0.378 e. The molecule has 1 aromatic heterocycles. The van der Waals surface area contributed by atoms with E-state index in [4.69, 9.17) is 4.84 Å². The molecule has 1 heterocycles. The first kappa shape index (κ1) is 16.0. The minimum atomic E-state index is -0.0581. The maximum atomic E-state index is 11.5. The van der Waals surface area contributed by atoms with Crippen LogP contribution in [0.3, 0.4) is 0 Å². The molecule has 1 aromatic rings. The topological polar surface area (TPSA) is 54.2 Å². The summed E-state index contributed by atoms with van der Waals surface area (Å²) >= 11 is 0. The fourth-order valence-electron chi connectivity index (χ4n) is 1.67. The van der Waals surface area contributed by atoms with Gasteiger partial charge in [0.1, 0.15) is 12.8 Å². The van der Waals surface area contributed by atoms with E-state index < -0.39 is 0 Å². The number of hydrogen-bond acceptors (Lipinski definition) is 3. The van der Waals surface area contributed by atoms with Gasteiger partial charge in [-0.1, -0.05) is 19.9 Å². The van der Waals surface area contributed by atoms with Gasteiger partial charge in [-0.05, 0) is 18.1 Å². The number of carbonyl (C=O) groups is 1. The second kappa shape index (κ2) is 8.19. The first-order chi connectivity index (χ1) is 9.54.